The zero-order valence-corrected chi connectivity index (χ0v) is 26.8. The number of benzene rings is 4. The molecule has 1 heterocycles. The Morgan fingerprint density at radius 2 is 1.24 bits per heavy atom. The molecule has 2 atom stereocenters. The molecule has 4 aromatic carbocycles. The van der Waals surface area contributed by atoms with E-state index in [2.05, 4.69) is 43.6 Å². The van der Waals surface area contributed by atoms with Gasteiger partial charge < -0.3 is 16.0 Å². The standard InChI is InChI=1S/C39H44FN3O2/c1-26(30-21-22-32(33(40)23-30)27-15-9-6-10-16-27)36(44)42-35(37(45)41-31-24-38(2,3)43-39(4,5)25-31)34(28-17-11-7-12-18-28)29-19-13-8-14-20-29/h6-23,26,31,34-35,43H,24-25H2,1-5H3,(H,41,45)(H,42,44)/t26?,35-/m0/s1. The predicted molar refractivity (Wildman–Crippen MR) is 179 cm³/mol. The van der Waals surface area contributed by atoms with Gasteiger partial charge in [-0.3, -0.25) is 9.59 Å². The SMILES string of the molecule is CC(C(=O)N[C@H](C(=O)NC1CC(C)(C)NC(C)(C)C1)C(c1ccccc1)c1ccccc1)c1ccc(-c2ccccc2)c(F)c1. The van der Waals surface area contributed by atoms with E-state index in [1.54, 1.807) is 19.1 Å². The molecule has 0 aromatic heterocycles. The van der Waals surface area contributed by atoms with Crippen molar-refractivity contribution in [1.29, 1.82) is 0 Å². The van der Waals surface area contributed by atoms with Crippen LogP contribution in [0.1, 0.15) is 76.0 Å². The molecule has 2 amide bonds. The first-order chi connectivity index (χ1) is 21.4. The summed E-state index contributed by atoms with van der Waals surface area (Å²) in [7, 11) is 0. The minimum absolute atomic E-state index is 0.0765. The minimum atomic E-state index is -0.903. The monoisotopic (exact) mass is 605 g/mol. The molecule has 234 valence electrons. The topological polar surface area (TPSA) is 70.2 Å². The Hall–Kier alpha value is -4.29. The summed E-state index contributed by atoms with van der Waals surface area (Å²) in [6, 6.07) is 32.9. The van der Waals surface area contributed by atoms with E-state index >= 15 is 4.39 Å². The fourth-order valence-corrected chi connectivity index (χ4v) is 7.00. The Morgan fingerprint density at radius 3 is 1.76 bits per heavy atom. The lowest BCUT2D eigenvalue weighted by molar-refractivity contribution is -0.130. The van der Waals surface area contributed by atoms with Crippen LogP contribution in [-0.2, 0) is 9.59 Å². The first kappa shape index (κ1) is 32.1. The van der Waals surface area contributed by atoms with Crippen LogP contribution in [0.2, 0.25) is 0 Å². The van der Waals surface area contributed by atoms with E-state index in [4.69, 9.17) is 0 Å². The van der Waals surface area contributed by atoms with Crippen LogP contribution in [0.4, 0.5) is 4.39 Å². The zero-order chi connectivity index (χ0) is 32.2. The molecular weight excluding hydrogens is 561 g/mol. The van der Waals surface area contributed by atoms with Crippen LogP contribution in [0.15, 0.2) is 109 Å². The van der Waals surface area contributed by atoms with Crippen molar-refractivity contribution < 1.29 is 14.0 Å². The second-order valence-electron chi connectivity index (χ2n) is 13.6. The van der Waals surface area contributed by atoms with Crippen LogP contribution in [0.3, 0.4) is 0 Å². The smallest absolute Gasteiger partial charge is 0.243 e. The van der Waals surface area contributed by atoms with Crippen LogP contribution in [-0.4, -0.2) is 35.0 Å². The van der Waals surface area contributed by atoms with Crippen molar-refractivity contribution in [1.82, 2.24) is 16.0 Å². The molecule has 0 saturated carbocycles. The molecule has 1 unspecified atom stereocenters. The van der Waals surface area contributed by atoms with Crippen molar-refractivity contribution >= 4 is 11.8 Å². The Labute approximate surface area is 266 Å². The first-order valence-electron chi connectivity index (χ1n) is 15.8. The van der Waals surface area contributed by atoms with Gasteiger partial charge in [0.2, 0.25) is 11.8 Å². The van der Waals surface area contributed by atoms with E-state index in [9.17, 15) is 9.59 Å². The van der Waals surface area contributed by atoms with Crippen LogP contribution in [0.5, 0.6) is 0 Å². The molecule has 5 rings (SSSR count). The number of carbonyl (C=O) groups is 2. The van der Waals surface area contributed by atoms with Gasteiger partial charge in [-0.25, -0.2) is 4.39 Å². The maximum atomic E-state index is 15.3. The van der Waals surface area contributed by atoms with Gasteiger partial charge in [-0.2, -0.15) is 0 Å². The number of hydrogen-bond acceptors (Lipinski definition) is 3. The van der Waals surface area contributed by atoms with Crippen LogP contribution in [0, 0.1) is 5.82 Å². The van der Waals surface area contributed by atoms with Gasteiger partial charge in [-0.05, 0) is 75.8 Å². The molecule has 45 heavy (non-hydrogen) atoms. The van der Waals surface area contributed by atoms with E-state index in [0.29, 0.717) is 11.1 Å². The van der Waals surface area contributed by atoms with Crippen molar-refractivity contribution in [3.05, 3.63) is 132 Å². The number of halogens is 1. The largest absolute Gasteiger partial charge is 0.351 e. The van der Waals surface area contributed by atoms with Gasteiger partial charge in [0.25, 0.3) is 0 Å². The van der Waals surface area contributed by atoms with E-state index in [1.165, 1.54) is 6.07 Å². The number of nitrogens with one attached hydrogen (secondary N) is 3. The van der Waals surface area contributed by atoms with Gasteiger partial charge in [-0.15, -0.1) is 0 Å². The van der Waals surface area contributed by atoms with Gasteiger partial charge >= 0.3 is 0 Å². The molecular formula is C39H44FN3O2. The number of amides is 2. The summed E-state index contributed by atoms with van der Waals surface area (Å²) in [5, 5.41) is 10.1. The molecule has 0 aliphatic carbocycles. The van der Waals surface area contributed by atoms with Crippen LogP contribution in [0.25, 0.3) is 11.1 Å². The van der Waals surface area contributed by atoms with Crippen molar-refractivity contribution in [2.45, 2.75) is 82.5 Å². The molecule has 3 N–H and O–H groups in total. The van der Waals surface area contributed by atoms with Gasteiger partial charge in [0.1, 0.15) is 11.9 Å². The third-order valence-electron chi connectivity index (χ3n) is 8.74. The van der Waals surface area contributed by atoms with E-state index in [1.807, 2.05) is 91.0 Å². The summed E-state index contributed by atoms with van der Waals surface area (Å²) in [5.74, 6) is -2.11. The summed E-state index contributed by atoms with van der Waals surface area (Å²) >= 11 is 0. The van der Waals surface area contributed by atoms with Crippen molar-refractivity contribution in [3.8, 4) is 11.1 Å². The normalized spacial score (nSPS) is 17.3. The lowest BCUT2D eigenvalue weighted by atomic mass is 9.79. The number of piperidine rings is 1. The molecule has 6 heteroatoms. The minimum Gasteiger partial charge on any atom is -0.351 e. The molecule has 0 radical (unpaired) electrons. The Morgan fingerprint density at radius 1 is 0.733 bits per heavy atom. The zero-order valence-electron chi connectivity index (χ0n) is 26.8. The number of rotatable bonds is 9. The average Bonchev–Trinajstić information content (AvgIpc) is 3.00. The Balaban J connectivity index is 1.47. The lowest BCUT2D eigenvalue weighted by Gasteiger charge is -2.47. The highest BCUT2D eigenvalue weighted by Gasteiger charge is 2.40. The maximum Gasteiger partial charge on any atom is 0.243 e. The highest BCUT2D eigenvalue weighted by molar-refractivity contribution is 5.92. The van der Waals surface area contributed by atoms with Gasteiger partial charge in [-0.1, -0.05) is 103 Å². The van der Waals surface area contributed by atoms with Crippen molar-refractivity contribution in [2.24, 2.45) is 0 Å². The van der Waals surface area contributed by atoms with Crippen LogP contribution >= 0.6 is 0 Å². The number of hydrogen-bond donors (Lipinski definition) is 3. The molecule has 1 fully saturated rings. The third kappa shape index (κ3) is 7.87. The highest BCUT2D eigenvalue weighted by Crippen LogP contribution is 2.32. The molecule has 1 saturated heterocycles. The van der Waals surface area contributed by atoms with Gasteiger partial charge in [0.15, 0.2) is 0 Å². The quantitative estimate of drug-likeness (QED) is 0.187. The lowest BCUT2D eigenvalue weighted by Crippen LogP contribution is -2.63. The molecule has 5 nitrogen and oxygen atoms in total. The average molecular weight is 606 g/mol. The van der Waals surface area contributed by atoms with Gasteiger partial charge in [0, 0.05) is 28.6 Å². The van der Waals surface area contributed by atoms with E-state index in [-0.39, 0.29) is 28.9 Å². The predicted octanol–water partition coefficient (Wildman–Crippen LogP) is 7.34. The Kier molecular flexibility index (Phi) is 9.54. The Bertz CT molecular complexity index is 1550. The fourth-order valence-electron chi connectivity index (χ4n) is 7.00. The van der Waals surface area contributed by atoms with E-state index in [0.717, 1.165) is 29.5 Å². The van der Waals surface area contributed by atoms with E-state index < -0.39 is 23.7 Å². The van der Waals surface area contributed by atoms with Gasteiger partial charge in [0.05, 0.1) is 5.92 Å². The highest BCUT2D eigenvalue weighted by atomic mass is 19.1. The summed E-state index contributed by atoms with van der Waals surface area (Å²) < 4.78 is 15.3. The fraction of sp³-hybridized carbons (Fsp3) is 0.333. The first-order valence-corrected chi connectivity index (χ1v) is 15.8. The molecule has 1 aliphatic rings. The summed E-state index contributed by atoms with van der Waals surface area (Å²) in [4.78, 5) is 28.3. The molecule has 4 aromatic rings. The molecule has 1 aliphatic heterocycles. The second kappa shape index (κ2) is 13.4. The number of carbonyl (C=O) groups excluding carboxylic acids is 2. The maximum absolute atomic E-state index is 15.3. The third-order valence-corrected chi connectivity index (χ3v) is 8.74. The van der Waals surface area contributed by atoms with Crippen molar-refractivity contribution in [3.63, 3.8) is 0 Å². The summed E-state index contributed by atoms with van der Waals surface area (Å²) in [6.45, 7) is 10.3. The second-order valence-corrected chi connectivity index (χ2v) is 13.6. The summed E-state index contributed by atoms with van der Waals surface area (Å²) in [6.07, 6.45) is 1.52. The molecule has 0 spiro atoms. The molecule has 0 bridgehead atoms. The van der Waals surface area contributed by atoms with Crippen molar-refractivity contribution in [2.75, 3.05) is 0 Å². The summed E-state index contributed by atoms with van der Waals surface area (Å²) in [5.41, 5.74) is 3.30. The van der Waals surface area contributed by atoms with Crippen LogP contribution < -0.4 is 16.0 Å².